The molecule has 1 N–H and O–H groups in total. The molecule has 0 aromatic carbocycles. The van der Waals surface area contributed by atoms with Crippen LogP contribution in [0.5, 0.6) is 0 Å². The summed E-state index contributed by atoms with van der Waals surface area (Å²) in [6.45, 7) is 4.29. The van der Waals surface area contributed by atoms with Gasteiger partial charge in [-0.3, -0.25) is 24.0 Å². The molecular weight excluding hydrogens is 420 g/mol. The molecule has 3 aromatic rings. The topological polar surface area (TPSA) is 95.7 Å². The summed E-state index contributed by atoms with van der Waals surface area (Å²) >= 11 is 0. The van der Waals surface area contributed by atoms with Gasteiger partial charge in [0.05, 0.1) is 23.9 Å². The Morgan fingerprint density at radius 3 is 2.58 bits per heavy atom. The summed E-state index contributed by atoms with van der Waals surface area (Å²) in [6.07, 6.45) is 11.6. The van der Waals surface area contributed by atoms with Crippen molar-refractivity contribution in [3.05, 3.63) is 63.2 Å². The third-order valence-corrected chi connectivity index (χ3v) is 6.95. The lowest BCUT2D eigenvalue weighted by atomic mass is 9.90. The third kappa shape index (κ3) is 4.78. The first-order chi connectivity index (χ1) is 16.1. The molecule has 9 heteroatoms. The summed E-state index contributed by atoms with van der Waals surface area (Å²) < 4.78 is 3.15. The van der Waals surface area contributed by atoms with Gasteiger partial charge < -0.3 is 4.90 Å². The molecule has 0 saturated carbocycles. The fourth-order valence-corrected chi connectivity index (χ4v) is 5.05. The van der Waals surface area contributed by atoms with E-state index in [0.29, 0.717) is 18.2 Å². The van der Waals surface area contributed by atoms with Gasteiger partial charge in [-0.05, 0) is 75.2 Å². The zero-order chi connectivity index (χ0) is 22.8. The predicted molar refractivity (Wildman–Crippen MR) is 125 cm³/mol. The molecule has 2 saturated heterocycles. The maximum atomic E-state index is 12.6. The smallest absolute Gasteiger partial charge is 0.333 e. The van der Waals surface area contributed by atoms with Crippen LogP contribution in [0.4, 0.5) is 0 Å². The van der Waals surface area contributed by atoms with Gasteiger partial charge in [0.15, 0.2) is 0 Å². The van der Waals surface area contributed by atoms with Crippen molar-refractivity contribution >= 4 is 11.4 Å². The van der Waals surface area contributed by atoms with E-state index in [1.165, 1.54) is 28.8 Å². The summed E-state index contributed by atoms with van der Waals surface area (Å²) in [5.74, 6) is 0.848. The van der Waals surface area contributed by atoms with E-state index in [-0.39, 0.29) is 5.91 Å². The number of nitrogens with zero attached hydrogens (tertiary/aromatic N) is 5. The van der Waals surface area contributed by atoms with E-state index in [4.69, 9.17) is 0 Å². The van der Waals surface area contributed by atoms with Crippen LogP contribution >= 0.6 is 0 Å². The fourth-order valence-electron chi connectivity index (χ4n) is 5.05. The van der Waals surface area contributed by atoms with Crippen molar-refractivity contribution in [2.45, 2.75) is 38.5 Å². The Labute approximate surface area is 191 Å². The summed E-state index contributed by atoms with van der Waals surface area (Å²) in [5.41, 5.74) is 1.77. The average Bonchev–Trinajstić information content (AvgIpc) is 3.24. The molecule has 9 nitrogen and oxygen atoms in total. The molecule has 174 valence electrons. The van der Waals surface area contributed by atoms with Crippen LogP contribution in [0.3, 0.4) is 0 Å². The number of fused-ring (bicyclic) bond motifs is 1. The van der Waals surface area contributed by atoms with E-state index >= 15 is 0 Å². The van der Waals surface area contributed by atoms with Crippen molar-refractivity contribution < 1.29 is 4.79 Å². The number of carbonyl (C=O) groups is 1. The molecule has 0 spiro atoms. The first kappa shape index (κ1) is 21.6. The Kier molecular flexibility index (Phi) is 6.13. The number of likely N-dealkylation sites (tertiary alicyclic amines) is 2. The molecule has 33 heavy (non-hydrogen) atoms. The van der Waals surface area contributed by atoms with Gasteiger partial charge in [0.2, 0.25) is 5.91 Å². The number of hydrogen-bond acceptors (Lipinski definition) is 5. The molecule has 2 aliphatic rings. The molecule has 1 amide bonds. The van der Waals surface area contributed by atoms with Crippen LogP contribution in [0.25, 0.3) is 11.2 Å². The minimum Gasteiger partial charge on any atom is -0.342 e. The molecule has 5 heterocycles. The molecule has 5 rings (SSSR count). The number of hydrogen-bond donors (Lipinski definition) is 1. The zero-order valence-corrected chi connectivity index (χ0v) is 18.8. The number of nitrogens with one attached hydrogen (secondary N) is 1. The highest BCUT2D eigenvalue weighted by Crippen LogP contribution is 2.24. The number of H-pyrrole nitrogens is 1. The number of aromatic amines is 1. The fraction of sp³-hybridized carbons (Fsp3) is 0.500. The number of rotatable bonds is 5. The van der Waals surface area contributed by atoms with Crippen LogP contribution in [0.15, 0.2) is 46.4 Å². The predicted octanol–water partition coefficient (Wildman–Crippen LogP) is 1.44. The highest BCUT2D eigenvalue weighted by molar-refractivity contribution is 5.78. The van der Waals surface area contributed by atoms with Crippen LogP contribution in [0, 0.1) is 5.92 Å². The molecular formula is C24H30N6O3. The van der Waals surface area contributed by atoms with Crippen molar-refractivity contribution in [2.24, 2.45) is 5.92 Å². The molecule has 0 aliphatic carbocycles. The first-order valence-electron chi connectivity index (χ1n) is 11.9. The summed E-state index contributed by atoms with van der Waals surface area (Å²) in [5, 5.41) is 4.34. The second-order valence-corrected chi connectivity index (χ2v) is 9.24. The number of carbonyl (C=O) groups excluding carboxylic acids is 1. The number of pyridine rings is 1. The SMILES string of the molecule is O=C(CN1CCC(Cc2ccn3ncc(-n4ccc(=O)[nH]c4=O)c3c2)CC1)N1CCCCC1. The molecule has 3 aromatic heterocycles. The average molecular weight is 451 g/mol. The van der Waals surface area contributed by atoms with Crippen molar-refractivity contribution in [3.63, 3.8) is 0 Å². The Bertz CT molecular complexity index is 1240. The van der Waals surface area contributed by atoms with Crippen molar-refractivity contribution in [1.29, 1.82) is 0 Å². The van der Waals surface area contributed by atoms with Gasteiger partial charge in [-0.2, -0.15) is 5.10 Å². The van der Waals surface area contributed by atoms with Crippen molar-refractivity contribution in [3.8, 4) is 5.69 Å². The van der Waals surface area contributed by atoms with Crippen LogP contribution in [-0.2, 0) is 11.2 Å². The van der Waals surface area contributed by atoms with Gasteiger partial charge in [-0.1, -0.05) is 0 Å². The maximum Gasteiger partial charge on any atom is 0.333 e. The number of piperidine rings is 2. The third-order valence-electron chi connectivity index (χ3n) is 6.95. The lowest BCUT2D eigenvalue weighted by Gasteiger charge is -2.34. The van der Waals surface area contributed by atoms with E-state index in [9.17, 15) is 14.4 Å². The Hall–Kier alpha value is -3.20. The van der Waals surface area contributed by atoms with Gasteiger partial charge in [-0.25, -0.2) is 9.31 Å². The van der Waals surface area contributed by atoms with Gasteiger partial charge in [0, 0.05) is 31.5 Å². The minimum absolute atomic E-state index is 0.282. The van der Waals surface area contributed by atoms with E-state index in [2.05, 4.69) is 27.1 Å². The summed E-state index contributed by atoms with van der Waals surface area (Å²) in [7, 11) is 0. The normalized spacial score (nSPS) is 18.1. The number of amides is 1. The zero-order valence-electron chi connectivity index (χ0n) is 18.8. The van der Waals surface area contributed by atoms with E-state index in [0.717, 1.165) is 63.8 Å². The van der Waals surface area contributed by atoms with Crippen LogP contribution in [-0.4, -0.2) is 67.6 Å². The van der Waals surface area contributed by atoms with Gasteiger partial charge in [-0.15, -0.1) is 0 Å². The second-order valence-electron chi connectivity index (χ2n) is 9.24. The quantitative estimate of drug-likeness (QED) is 0.635. The van der Waals surface area contributed by atoms with Gasteiger partial charge in [0.25, 0.3) is 5.56 Å². The highest BCUT2D eigenvalue weighted by Gasteiger charge is 2.24. The molecule has 0 unspecified atom stereocenters. The lowest BCUT2D eigenvalue weighted by molar-refractivity contribution is -0.133. The van der Waals surface area contributed by atoms with Gasteiger partial charge >= 0.3 is 5.69 Å². The monoisotopic (exact) mass is 450 g/mol. The lowest BCUT2D eigenvalue weighted by Crippen LogP contribution is -2.45. The van der Waals surface area contributed by atoms with Gasteiger partial charge in [0.1, 0.15) is 0 Å². The maximum absolute atomic E-state index is 12.6. The molecule has 0 bridgehead atoms. The largest absolute Gasteiger partial charge is 0.342 e. The highest BCUT2D eigenvalue weighted by atomic mass is 16.2. The van der Waals surface area contributed by atoms with Crippen molar-refractivity contribution in [1.82, 2.24) is 29.0 Å². The van der Waals surface area contributed by atoms with E-state index in [1.807, 2.05) is 11.1 Å². The van der Waals surface area contributed by atoms with Crippen molar-refractivity contribution in [2.75, 3.05) is 32.7 Å². The van der Waals surface area contributed by atoms with E-state index in [1.54, 1.807) is 10.7 Å². The summed E-state index contributed by atoms with van der Waals surface area (Å²) in [6, 6.07) is 5.48. The number of aromatic nitrogens is 4. The van der Waals surface area contributed by atoms with Crippen LogP contribution in [0.1, 0.15) is 37.7 Å². The molecule has 2 aliphatic heterocycles. The Morgan fingerprint density at radius 2 is 1.82 bits per heavy atom. The molecule has 2 fully saturated rings. The first-order valence-corrected chi connectivity index (χ1v) is 11.9. The Morgan fingerprint density at radius 1 is 1.03 bits per heavy atom. The van der Waals surface area contributed by atoms with E-state index < -0.39 is 11.2 Å². The second kappa shape index (κ2) is 9.35. The molecule has 0 atom stereocenters. The standard InChI is InChI=1S/C24H30N6O3/c31-22-7-12-29(24(33)26-22)21-16-25-30-13-6-19(15-20(21)30)14-18-4-10-27(11-5-18)17-23(32)28-8-2-1-3-9-28/h6-7,12-13,15-16,18H,1-5,8-11,14,17H2,(H,26,31,33). The molecule has 0 radical (unpaired) electrons. The minimum atomic E-state index is -0.478. The Balaban J connectivity index is 1.22. The van der Waals surface area contributed by atoms with Crippen LogP contribution < -0.4 is 11.2 Å². The summed E-state index contributed by atoms with van der Waals surface area (Å²) in [4.78, 5) is 42.8. The van der Waals surface area contributed by atoms with Crippen LogP contribution in [0.2, 0.25) is 0 Å².